The summed E-state index contributed by atoms with van der Waals surface area (Å²) in [6.45, 7) is 7.68. The molecule has 0 nitrogen and oxygen atoms in total. The van der Waals surface area contributed by atoms with Crippen LogP contribution < -0.4 is 0 Å². The van der Waals surface area contributed by atoms with Crippen LogP contribution in [0.15, 0.2) is 86.0 Å². The van der Waals surface area contributed by atoms with Crippen molar-refractivity contribution in [3.05, 3.63) is 91.5 Å². The maximum absolute atomic E-state index is 4.03. The van der Waals surface area contributed by atoms with Crippen LogP contribution in [0.3, 0.4) is 0 Å². The second-order valence-corrected chi connectivity index (χ2v) is 4.06. The Labute approximate surface area is 109 Å². The summed E-state index contributed by atoms with van der Waals surface area (Å²) in [7, 11) is 0. The molecule has 0 aliphatic carbocycles. The van der Waals surface area contributed by atoms with Gasteiger partial charge >= 0.3 is 0 Å². The molecule has 0 aliphatic rings. The van der Waals surface area contributed by atoms with Crippen LogP contribution in [0.1, 0.15) is 5.56 Å². The van der Waals surface area contributed by atoms with Gasteiger partial charge in [0.2, 0.25) is 0 Å². The minimum absolute atomic E-state index is 0.995. The van der Waals surface area contributed by atoms with E-state index in [1.807, 2.05) is 18.2 Å². The van der Waals surface area contributed by atoms with Gasteiger partial charge in [-0.2, -0.15) is 0 Å². The first-order valence-corrected chi connectivity index (χ1v) is 5.95. The van der Waals surface area contributed by atoms with E-state index in [-0.39, 0.29) is 0 Å². The van der Waals surface area contributed by atoms with Crippen LogP contribution in [-0.2, 0) is 0 Å². The highest BCUT2D eigenvalue weighted by Crippen LogP contribution is 2.22. The molecule has 0 atom stereocenters. The third kappa shape index (κ3) is 2.86. The molecule has 0 spiro atoms. The number of allylic oxidation sites excluding steroid dienone is 4. The van der Waals surface area contributed by atoms with Gasteiger partial charge in [-0.3, -0.25) is 0 Å². The Hall–Kier alpha value is -2.34. The summed E-state index contributed by atoms with van der Waals surface area (Å²) in [5, 5.41) is 0. The summed E-state index contributed by atoms with van der Waals surface area (Å²) in [4.78, 5) is 0. The first-order valence-electron chi connectivity index (χ1n) is 5.95. The lowest BCUT2D eigenvalue weighted by atomic mass is 10.0. The molecule has 0 fully saturated rings. The molecule has 0 aromatic heterocycles. The van der Waals surface area contributed by atoms with Crippen molar-refractivity contribution in [1.29, 1.82) is 0 Å². The lowest BCUT2D eigenvalue weighted by Crippen LogP contribution is -1.81. The molecular formula is C18H16. The fourth-order valence-corrected chi connectivity index (χ4v) is 1.79. The monoisotopic (exact) mass is 232 g/mol. The van der Waals surface area contributed by atoms with Crippen molar-refractivity contribution < 1.29 is 0 Å². The van der Waals surface area contributed by atoms with E-state index in [1.165, 1.54) is 11.1 Å². The largest absolute Gasteiger partial charge is 0.0991 e. The van der Waals surface area contributed by atoms with Gasteiger partial charge in [0.05, 0.1) is 0 Å². The Balaban J connectivity index is 2.23. The Morgan fingerprint density at radius 1 is 0.833 bits per heavy atom. The molecule has 0 heteroatoms. The first-order chi connectivity index (χ1) is 8.81. The third-order valence-corrected chi connectivity index (χ3v) is 2.80. The van der Waals surface area contributed by atoms with Crippen molar-refractivity contribution >= 4 is 5.57 Å². The quantitative estimate of drug-likeness (QED) is 0.643. The van der Waals surface area contributed by atoms with E-state index in [2.05, 4.69) is 61.7 Å². The number of hydrogen-bond donors (Lipinski definition) is 0. The van der Waals surface area contributed by atoms with Crippen LogP contribution in [0.5, 0.6) is 0 Å². The van der Waals surface area contributed by atoms with E-state index in [9.17, 15) is 0 Å². The normalized spacial score (nSPS) is 10.4. The number of hydrogen-bond acceptors (Lipinski definition) is 0. The van der Waals surface area contributed by atoms with Crippen molar-refractivity contribution in [1.82, 2.24) is 0 Å². The molecule has 2 aromatic carbocycles. The molecule has 2 aromatic rings. The number of rotatable bonds is 4. The molecule has 18 heavy (non-hydrogen) atoms. The Morgan fingerprint density at radius 3 is 2.06 bits per heavy atom. The van der Waals surface area contributed by atoms with Crippen molar-refractivity contribution in [3.8, 4) is 11.1 Å². The highest BCUT2D eigenvalue weighted by atomic mass is 14.0. The molecular weight excluding hydrogens is 216 g/mol. The average Bonchev–Trinajstić information content (AvgIpc) is 2.46. The standard InChI is InChI=1S/C18H16/c1-3-4-8-15(2)16-11-13-18(14-12-16)17-9-6-5-7-10-17/h3-14H,1-2H2. The fraction of sp³-hybridized carbons (Fsp3) is 0. The molecule has 0 heterocycles. The summed E-state index contributed by atoms with van der Waals surface area (Å²) in [5.41, 5.74) is 4.58. The van der Waals surface area contributed by atoms with Gasteiger partial charge in [0, 0.05) is 0 Å². The van der Waals surface area contributed by atoms with E-state index in [1.54, 1.807) is 6.08 Å². The van der Waals surface area contributed by atoms with E-state index >= 15 is 0 Å². The summed E-state index contributed by atoms with van der Waals surface area (Å²) in [6.07, 6.45) is 5.61. The van der Waals surface area contributed by atoms with Crippen LogP contribution in [0.25, 0.3) is 16.7 Å². The minimum atomic E-state index is 0.995. The summed E-state index contributed by atoms with van der Waals surface area (Å²) in [5.74, 6) is 0. The second kappa shape index (κ2) is 5.83. The SMILES string of the molecule is C=CC=CC(=C)c1ccc(-c2ccccc2)cc1. The van der Waals surface area contributed by atoms with Crippen LogP contribution >= 0.6 is 0 Å². The zero-order valence-corrected chi connectivity index (χ0v) is 10.3. The Kier molecular flexibility index (Phi) is 3.93. The van der Waals surface area contributed by atoms with Gasteiger partial charge in [-0.1, -0.05) is 86.0 Å². The molecule has 0 N–H and O–H groups in total. The first kappa shape index (κ1) is 12.1. The zero-order chi connectivity index (χ0) is 12.8. The lowest BCUT2D eigenvalue weighted by Gasteiger charge is -2.04. The van der Waals surface area contributed by atoms with E-state index in [0.717, 1.165) is 11.1 Å². The van der Waals surface area contributed by atoms with Gasteiger partial charge in [-0.05, 0) is 22.3 Å². The van der Waals surface area contributed by atoms with E-state index in [0.29, 0.717) is 0 Å². The number of benzene rings is 2. The highest BCUT2D eigenvalue weighted by Gasteiger charge is 1.98. The highest BCUT2D eigenvalue weighted by molar-refractivity contribution is 5.74. The van der Waals surface area contributed by atoms with Crippen LogP contribution in [0.4, 0.5) is 0 Å². The topological polar surface area (TPSA) is 0 Å². The third-order valence-electron chi connectivity index (χ3n) is 2.80. The van der Waals surface area contributed by atoms with Gasteiger partial charge in [-0.15, -0.1) is 0 Å². The van der Waals surface area contributed by atoms with Crippen LogP contribution in [0.2, 0.25) is 0 Å². The van der Waals surface area contributed by atoms with Gasteiger partial charge < -0.3 is 0 Å². The van der Waals surface area contributed by atoms with Crippen molar-refractivity contribution in [2.24, 2.45) is 0 Å². The molecule has 88 valence electrons. The average molecular weight is 232 g/mol. The Bertz CT molecular complexity index is 557. The predicted molar refractivity (Wildman–Crippen MR) is 80.2 cm³/mol. The van der Waals surface area contributed by atoms with Crippen LogP contribution in [-0.4, -0.2) is 0 Å². The van der Waals surface area contributed by atoms with Crippen molar-refractivity contribution in [2.45, 2.75) is 0 Å². The maximum Gasteiger partial charge on any atom is -0.0184 e. The fourth-order valence-electron chi connectivity index (χ4n) is 1.79. The summed E-state index contributed by atoms with van der Waals surface area (Å²) < 4.78 is 0. The lowest BCUT2D eigenvalue weighted by molar-refractivity contribution is 1.58. The summed E-state index contributed by atoms with van der Waals surface area (Å²) in [6, 6.07) is 18.8. The van der Waals surface area contributed by atoms with Crippen molar-refractivity contribution in [3.63, 3.8) is 0 Å². The van der Waals surface area contributed by atoms with E-state index in [4.69, 9.17) is 0 Å². The molecule has 0 bridgehead atoms. The van der Waals surface area contributed by atoms with E-state index < -0.39 is 0 Å². The zero-order valence-electron chi connectivity index (χ0n) is 10.3. The van der Waals surface area contributed by atoms with Gasteiger partial charge in [0.1, 0.15) is 0 Å². The molecule has 0 amide bonds. The minimum Gasteiger partial charge on any atom is -0.0991 e. The molecule has 0 saturated heterocycles. The van der Waals surface area contributed by atoms with Gasteiger partial charge in [0.15, 0.2) is 0 Å². The van der Waals surface area contributed by atoms with Gasteiger partial charge in [0.25, 0.3) is 0 Å². The molecule has 2 rings (SSSR count). The maximum atomic E-state index is 4.03. The van der Waals surface area contributed by atoms with Crippen molar-refractivity contribution in [2.75, 3.05) is 0 Å². The summed E-state index contributed by atoms with van der Waals surface area (Å²) >= 11 is 0. The Morgan fingerprint density at radius 2 is 1.44 bits per heavy atom. The molecule has 0 unspecified atom stereocenters. The van der Waals surface area contributed by atoms with Gasteiger partial charge in [-0.25, -0.2) is 0 Å². The molecule has 0 saturated carbocycles. The molecule has 0 radical (unpaired) electrons. The van der Waals surface area contributed by atoms with Crippen LogP contribution in [0, 0.1) is 0 Å². The predicted octanol–water partition coefficient (Wildman–Crippen LogP) is 5.11. The molecule has 0 aliphatic heterocycles. The smallest absolute Gasteiger partial charge is 0.0184 e. The second-order valence-electron chi connectivity index (χ2n) is 4.06.